The standard InChI is InChI=1S/C25H21N7O2/c1-27-25(33)17-9-7-16(8-10-17)14-32-24-21(23(26)29-15-30-24)22(31-32)18-11-12-20(28-13-18)34-19-5-3-2-4-6-19/h2-13,15H,14H2,1H3,(H,27,33)(H2,26,29,30). The number of aromatic nitrogens is 5. The summed E-state index contributed by atoms with van der Waals surface area (Å²) in [5.74, 6) is 1.38. The molecule has 0 aliphatic carbocycles. The second kappa shape index (κ2) is 8.99. The first-order valence-electron chi connectivity index (χ1n) is 10.6. The Kier molecular flexibility index (Phi) is 5.57. The van der Waals surface area contributed by atoms with Gasteiger partial charge in [0.25, 0.3) is 5.91 Å². The van der Waals surface area contributed by atoms with Gasteiger partial charge in [0.1, 0.15) is 23.6 Å². The number of nitrogens with zero attached hydrogens (tertiary/aromatic N) is 5. The van der Waals surface area contributed by atoms with E-state index in [2.05, 4.69) is 20.3 Å². The average molecular weight is 451 g/mol. The first kappa shape index (κ1) is 21.1. The van der Waals surface area contributed by atoms with Crippen LogP contribution in [0.3, 0.4) is 0 Å². The van der Waals surface area contributed by atoms with Crippen LogP contribution in [0.5, 0.6) is 11.6 Å². The van der Waals surface area contributed by atoms with Crippen LogP contribution in [0.2, 0.25) is 0 Å². The van der Waals surface area contributed by atoms with E-state index in [0.29, 0.717) is 46.3 Å². The molecule has 0 saturated carbocycles. The molecule has 3 aromatic heterocycles. The van der Waals surface area contributed by atoms with Gasteiger partial charge in [0.05, 0.1) is 11.9 Å². The number of nitrogens with two attached hydrogens (primary N) is 1. The van der Waals surface area contributed by atoms with Crippen molar-refractivity contribution < 1.29 is 9.53 Å². The predicted octanol–water partition coefficient (Wildman–Crippen LogP) is 3.67. The zero-order chi connectivity index (χ0) is 23.5. The molecule has 9 nitrogen and oxygen atoms in total. The molecule has 5 aromatic rings. The number of amides is 1. The third-order valence-electron chi connectivity index (χ3n) is 5.31. The van der Waals surface area contributed by atoms with Crippen molar-refractivity contribution >= 4 is 22.8 Å². The van der Waals surface area contributed by atoms with Gasteiger partial charge in [-0.1, -0.05) is 30.3 Å². The van der Waals surface area contributed by atoms with Crippen molar-refractivity contribution in [2.45, 2.75) is 6.54 Å². The highest BCUT2D eigenvalue weighted by molar-refractivity contribution is 5.98. The number of nitrogen functional groups attached to an aromatic ring is 1. The minimum atomic E-state index is -0.133. The Hall–Kier alpha value is -4.79. The van der Waals surface area contributed by atoms with Crippen molar-refractivity contribution in [3.63, 3.8) is 0 Å². The molecule has 0 aliphatic heterocycles. The highest BCUT2D eigenvalue weighted by Gasteiger charge is 2.18. The molecule has 0 radical (unpaired) electrons. The van der Waals surface area contributed by atoms with Gasteiger partial charge in [-0.15, -0.1) is 0 Å². The highest BCUT2D eigenvalue weighted by atomic mass is 16.5. The van der Waals surface area contributed by atoms with E-state index in [4.69, 9.17) is 15.6 Å². The summed E-state index contributed by atoms with van der Waals surface area (Å²) in [5.41, 5.74) is 9.77. The second-order valence-electron chi connectivity index (χ2n) is 7.54. The number of ether oxygens (including phenoxy) is 1. The van der Waals surface area contributed by atoms with Gasteiger partial charge < -0.3 is 15.8 Å². The lowest BCUT2D eigenvalue weighted by Crippen LogP contribution is -2.17. The Morgan fingerprint density at radius 2 is 1.79 bits per heavy atom. The third-order valence-corrected chi connectivity index (χ3v) is 5.31. The van der Waals surface area contributed by atoms with E-state index < -0.39 is 0 Å². The lowest BCUT2D eigenvalue weighted by atomic mass is 10.1. The van der Waals surface area contributed by atoms with Gasteiger partial charge in [-0.3, -0.25) is 4.79 Å². The number of pyridine rings is 1. The van der Waals surface area contributed by atoms with Crippen LogP contribution in [0.15, 0.2) is 79.3 Å². The Labute approximate surface area is 195 Å². The molecule has 0 aliphatic rings. The van der Waals surface area contributed by atoms with Crippen LogP contribution in [-0.4, -0.2) is 37.7 Å². The Morgan fingerprint density at radius 1 is 1.00 bits per heavy atom. The fourth-order valence-electron chi connectivity index (χ4n) is 3.61. The number of nitrogens with one attached hydrogen (secondary N) is 1. The molecule has 0 unspecified atom stereocenters. The fourth-order valence-corrected chi connectivity index (χ4v) is 3.61. The van der Waals surface area contributed by atoms with Gasteiger partial charge in [-0.25, -0.2) is 19.6 Å². The molecule has 0 spiro atoms. The summed E-state index contributed by atoms with van der Waals surface area (Å²) < 4.78 is 7.55. The molecule has 3 N–H and O–H groups in total. The van der Waals surface area contributed by atoms with Gasteiger partial charge in [0.2, 0.25) is 5.88 Å². The van der Waals surface area contributed by atoms with E-state index in [9.17, 15) is 4.79 Å². The summed E-state index contributed by atoms with van der Waals surface area (Å²) >= 11 is 0. The first-order chi connectivity index (χ1) is 16.6. The number of carbonyl (C=O) groups is 1. The molecule has 0 atom stereocenters. The van der Waals surface area contributed by atoms with Crippen LogP contribution in [0.1, 0.15) is 15.9 Å². The van der Waals surface area contributed by atoms with Crippen molar-refractivity contribution in [2.24, 2.45) is 0 Å². The molecule has 2 aromatic carbocycles. The molecule has 0 fully saturated rings. The number of anilines is 1. The lowest BCUT2D eigenvalue weighted by Gasteiger charge is -2.05. The number of benzene rings is 2. The lowest BCUT2D eigenvalue weighted by molar-refractivity contribution is 0.0963. The van der Waals surface area contributed by atoms with Crippen molar-refractivity contribution in [3.8, 4) is 22.9 Å². The van der Waals surface area contributed by atoms with E-state index in [-0.39, 0.29) is 5.91 Å². The number of fused-ring (bicyclic) bond motifs is 1. The van der Waals surface area contributed by atoms with E-state index in [0.717, 1.165) is 11.1 Å². The van der Waals surface area contributed by atoms with Gasteiger partial charge in [-0.2, -0.15) is 5.10 Å². The Morgan fingerprint density at radius 3 is 2.50 bits per heavy atom. The smallest absolute Gasteiger partial charge is 0.251 e. The molecule has 0 saturated heterocycles. The molecule has 34 heavy (non-hydrogen) atoms. The van der Waals surface area contributed by atoms with Crippen molar-refractivity contribution in [1.29, 1.82) is 0 Å². The van der Waals surface area contributed by atoms with Crippen molar-refractivity contribution in [3.05, 3.63) is 90.4 Å². The zero-order valence-corrected chi connectivity index (χ0v) is 18.3. The van der Waals surface area contributed by atoms with Crippen LogP contribution >= 0.6 is 0 Å². The second-order valence-corrected chi connectivity index (χ2v) is 7.54. The quantitative estimate of drug-likeness (QED) is 0.404. The van der Waals surface area contributed by atoms with Crippen molar-refractivity contribution in [1.82, 2.24) is 30.0 Å². The molecule has 168 valence electrons. The van der Waals surface area contributed by atoms with Gasteiger partial charge in [0, 0.05) is 30.4 Å². The molecule has 9 heteroatoms. The fraction of sp³-hybridized carbons (Fsp3) is 0.0800. The molecule has 5 rings (SSSR count). The van der Waals surface area contributed by atoms with Crippen LogP contribution in [0.25, 0.3) is 22.3 Å². The maximum Gasteiger partial charge on any atom is 0.251 e. The SMILES string of the molecule is CNC(=O)c1ccc(Cn2nc(-c3ccc(Oc4ccccc4)nc3)c3c(N)ncnc32)cc1. The number of carbonyl (C=O) groups excluding carboxylic acids is 1. The summed E-state index contributed by atoms with van der Waals surface area (Å²) in [6.07, 6.45) is 3.11. The summed E-state index contributed by atoms with van der Waals surface area (Å²) in [6, 6.07) is 20.4. The van der Waals surface area contributed by atoms with Gasteiger partial charge >= 0.3 is 0 Å². The Balaban J connectivity index is 1.47. The normalized spacial score (nSPS) is 10.9. The van der Waals surface area contributed by atoms with Gasteiger partial charge in [-0.05, 0) is 35.9 Å². The number of hydrogen-bond acceptors (Lipinski definition) is 7. The number of para-hydroxylation sites is 1. The van der Waals surface area contributed by atoms with E-state index in [1.165, 1.54) is 6.33 Å². The van der Waals surface area contributed by atoms with Gasteiger partial charge in [0.15, 0.2) is 5.65 Å². The minimum Gasteiger partial charge on any atom is -0.439 e. The summed E-state index contributed by atoms with van der Waals surface area (Å²) in [5, 5.41) is 8.05. The van der Waals surface area contributed by atoms with Crippen LogP contribution in [-0.2, 0) is 6.54 Å². The molecule has 1 amide bonds. The van der Waals surface area contributed by atoms with Crippen molar-refractivity contribution in [2.75, 3.05) is 12.8 Å². The molecular formula is C25H21N7O2. The van der Waals surface area contributed by atoms with E-state index >= 15 is 0 Å². The number of hydrogen-bond donors (Lipinski definition) is 2. The largest absolute Gasteiger partial charge is 0.439 e. The minimum absolute atomic E-state index is 0.133. The maximum absolute atomic E-state index is 11.8. The number of rotatable bonds is 6. The third kappa shape index (κ3) is 4.14. The topological polar surface area (TPSA) is 121 Å². The molecule has 3 heterocycles. The first-order valence-corrected chi connectivity index (χ1v) is 10.6. The van der Waals surface area contributed by atoms with Crippen LogP contribution < -0.4 is 15.8 Å². The Bertz CT molecular complexity index is 1450. The van der Waals surface area contributed by atoms with E-state index in [1.807, 2.05) is 48.5 Å². The molecular weight excluding hydrogens is 430 g/mol. The van der Waals surface area contributed by atoms with Crippen LogP contribution in [0.4, 0.5) is 5.82 Å². The maximum atomic E-state index is 11.8. The zero-order valence-electron chi connectivity index (χ0n) is 18.3. The van der Waals surface area contributed by atoms with Crippen LogP contribution in [0, 0.1) is 0 Å². The summed E-state index contributed by atoms with van der Waals surface area (Å²) in [7, 11) is 1.60. The highest BCUT2D eigenvalue weighted by Crippen LogP contribution is 2.31. The summed E-state index contributed by atoms with van der Waals surface area (Å²) in [4.78, 5) is 24.8. The van der Waals surface area contributed by atoms with E-state index in [1.54, 1.807) is 36.1 Å². The monoisotopic (exact) mass is 451 g/mol. The predicted molar refractivity (Wildman–Crippen MR) is 128 cm³/mol. The average Bonchev–Trinajstić information content (AvgIpc) is 3.24. The molecule has 0 bridgehead atoms. The summed E-state index contributed by atoms with van der Waals surface area (Å²) in [6.45, 7) is 0.448.